The number of aryl methyl sites for hydroxylation is 1. The highest BCUT2D eigenvalue weighted by Gasteiger charge is 2.40. The summed E-state index contributed by atoms with van der Waals surface area (Å²) in [5, 5.41) is 3.59. The van der Waals surface area contributed by atoms with E-state index in [2.05, 4.69) is 33.8 Å². The molecule has 2 aromatic carbocycles. The Morgan fingerprint density at radius 1 is 1.13 bits per heavy atom. The van der Waals surface area contributed by atoms with Crippen LogP contribution in [-0.4, -0.2) is 52.4 Å². The Morgan fingerprint density at radius 2 is 1.81 bits per heavy atom. The maximum absolute atomic E-state index is 12.9. The van der Waals surface area contributed by atoms with E-state index in [0.29, 0.717) is 18.9 Å². The fourth-order valence-corrected chi connectivity index (χ4v) is 5.51. The van der Waals surface area contributed by atoms with Crippen molar-refractivity contribution < 1.29 is 13.2 Å². The summed E-state index contributed by atoms with van der Waals surface area (Å²) in [5.41, 5.74) is 3.37. The second-order valence-electron chi connectivity index (χ2n) is 8.83. The second-order valence-corrected chi connectivity index (χ2v) is 10.4. The van der Waals surface area contributed by atoms with E-state index < -0.39 is 10.0 Å². The van der Waals surface area contributed by atoms with Crippen LogP contribution in [0.3, 0.4) is 0 Å². The molecule has 1 N–H and O–H groups in total. The first-order valence-electron chi connectivity index (χ1n) is 10.8. The van der Waals surface area contributed by atoms with Crippen LogP contribution < -0.4 is 5.32 Å². The third-order valence-corrected chi connectivity index (χ3v) is 7.84. The lowest BCUT2D eigenvalue weighted by molar-refractivity contribution is -0.0447. The number of sulfonamides is 1. The van der Waals surface area contributed by atoms with E-state index in [9.17, 15) is 8.42 Å². The molecule has 0 saturated carbocycles. The van der Waals surface area contributed by atoms with E-state index in [1.165, 1.54) is 0 Å². The Bertz CT molecular complexity index is 1050. The first-order valence-corrected chi connectivity index (χ1v) is 12.3. The quantitative estimate of drug-likeness (QED) is 0.690. The molecule has 2 aliphatic heterocycles. The van der Waals surface area contributed by atoms with Gasteiger partial charge >= 0.3 is 0 Å². The minimum absolute atomic E-state index is 0.234. The summed E-state index contributed by atoms with van der Waals surface area (Å²) in [5.74, 6) is 0.234. The fraction of sp³-hybridized carbons (Fsp3) is 0.458. The van der Waals surface area contributed by atoms with Crippen molar-refractivity contribution >= 4 is 21.4 Å². The van der Waals surface area contributed by atoms with Gasteiger partial charge in [-0.3, -0.25) is 0 Å². The number of anilines is 1. The zero-order valence-corrected chi connectivity index (χ0v) is 19.3. The molecule has 2 saturated heterocycles. The molecule has 4 rings (SSSR count). The fourth-order valence-electron chi connectivity index (χ4n) is 4.31. The first-order chi connectivity index (χ1) is 14.8. The van der Waals surface area contributed by atoms with Crippen molar-refractivity contribution in [2.75, 3.05) is 38.7 Å². The van der Waals surface area contributed by atoms with Crippen molar-refractivity contribution in [3.8, 4) is 0 Å². The van der Waals surface area contributed by atoms with E-state index >= 15 is 0 Å². The highest BCUT2D eigenvalue weighted by molar-refractivity contribution is 7.90. The number of piperidine rings is 1. The predicted molar refractivity (Wildman–Crippen MR) is 124 cm³/mol. The minimum Gasteiger partial charge on any atom is -0.376 e. The van der Waals surface area contributed by atoms with Crippen LogP contribution in [-0.2, 0) is 20.3 Å². The van der Waals surface area contributed by atoms with Crippen molar-refractivity contribution in [2.24, 2.45) is 10.3 Å². The van der Waals surface area contributed by atoms with Crippen molar-refractivity contribution in [1.82, 2.24) is 4.90 Å². The number of likely N-dealkylation sites (tertiary alicyclic amines) is 1. The molecule has 0 aromatic heterocycles. The van der Waals surface area contributed by atoms with Gasteiger partial charge in [-0.15, -0.1) is 0 Å². The Labute approximate surface area is 185 Å². The van der Waals surface area contributed by atoms with Gasteiger partial charge in [0.25, 0.3) is 10.0 Å². The van der Waals surface area contributed by atoms with Gasteiger partial charge in [0.15, 0.2) is 0 Å². The van der Waals surface area contributed by atoms with Crippen LogP contribution in [0.15, 0.2) is 57.8 Å². The lowest BCUT2D eigenvalue weighted by Gasteiger charge is -2.43. The normalized spacial score (nSPS) is 20.3. The molecule has 31 heavy (non-hydrogen) atoms. The molecule has 2 fully saturated rings. The summed E-state index contributed by atoms with van der Waals surface area (Å²) in [6.45, 7) is 6.88. The topological polar surface area (TPSA) is 71.0 Å². The number of hydrogen-bond acceptors (Lipinski definition) is 5. The first kappa shape index (κ1) is 22.0. The molecular formula is C24H31N3O3S. The van der Waals surface area contributed by atoms with Crippen LogP contribution in [0.4, 0.5) is 5.69 Å². The second kappa shape index (κ2) is 8.73. The molecule has 0 unspecified atom stereocenters. The van der Waals surface area contributed by atoms with Crippen LogP contribution in [0.1, 0.15) is 30.9 Å². The molecule has 0 bridgehead atoms. The SMILES string of the molecule is C/C(=N/S(=O)(=O)c1ccc(NC2(c3ccccc3)COC2)c(C)c1)C1CCN(C)CC1. The van der Waals surface area contributed by atoms with Gasteiger partial charge in [-0.1, -0.05) is 30.3 Å². The van der Waals surface area contributed by atoms with Crippen LogP contribution in [0.2, 0.25) is 0 Å². The standard InChI is InChI=1S/C24H31N3O3S/c1-18-15-22(31(28,29)26-19(2)20-11-13-27(3)14-12-20)9-10-23(18)25-24(16-30-17-24)21-7-5-4-6-8-21/h4-10,15,20,25H,11-14,16-17H2,1-3H3/b26-19-. The maximum Gasteiger partial charge on any atom is 0.282 e. The largest absolute Gasteiger partial charge is 0.376 e. The molecule has 0 radical (unpaired) electrons. The summed E-state index contributed by atoms with van der Waals surface area (Å²) in [6, 6.07) is 15.4. The summed E-state index contributed by atoms with van der Waals surface area (Å²) in [6.07, 6.45) is 1.90. The molecule has 2 aliphatic rings. The smallest absolute Gasteiger partial charge is 0.282 e. The average Bonchev–Trinajstić information content (AvgIpc) is 2.72. The molecule has 0 spiro atoms. The molecule has 0 amide bonds. The minimum atomic E-state index is -3.73. The molecular weight excluding hydrogens is 410 g/mol. The third-order valence-electron chi connectivity index (χ3n) is 6.47. The Kier molecular flexibility index (Phi) is 6.19. The highest BCUT2D eigenvalue weighted by atomic mass is 32.2. The van der Waals surface area contributed by atoms with Crippen molar-refractivity contribution in [1.29, 1.82) is 0 Å². The summed E-state index contributed by atoms with van der Waals surface area (Å²) < 4.78 is 35.6. The predicted octanol–water partition coefficient (Wildman–Crippen LogP) is 3.82. The van der Waals surface area contributed by atoms with Gasteiger partial charge in [-0.05, 0) is 76.2 Å². The molecule has 2 heterocycles. The molecule has 0 aliphatic carbocycles. The van der Waals surface area contributed by atoms with Gasteiger partial charge in [0.05, 0.1) is 18.1 Å². The Hall–Kier alpha value is -2.22. The summed E-state index contributed by atoms with van der Waals surface area (Å²) >= 11 is 0. The van der Waals surface area contributed by atoms with Gasteiger partial charge < -0.3 is 15.0 Å². The molecule has 0 atom stereocenters. The van der Waals surface area contributed by atoms with E-state index in [-0.39, 0.29) is 16.4 Å². The molecule has 166 valence electrons. The lowest BCUT2D eigenvalue weighted by Crippen LogP contribution is -2.53. The maximum atomic E-state index is 12.9. The van der Waals surface area contributed by atoms with Crippen LogP contribution in [0.5, 0.6) is 0 Å². The zero-order valence-electron chi connectivity index (χ0n) is 18.5. The zero-order chi connectivity index (χ0) is 22.1. The number of nitrogens with zero attached hydrogens (tertiary/aromatic N) is 2. The number of benzene rings is 2. The van der Waals surface area contributed by atoms with Crippen molar-refractivity contribution in [2.45, 2.75) is 37.1 Å². The van der Waals surface area contributed by atoms with Gasteiger partial charge in [-0.25, -0.2) is 0 Å². The number of nitrogens with one attached hydrogen (secondary N) is 1. The van der Waals surface area contributed by atoms with Crippen LogP contribution >= 0.6 is 0 Å². The summed E-state index contributed by atoms with van der Waals surface area (Å²) in [7, 11) is -1.63. The highest BCUT2D eigenvalue weighted by Crippen LogP contribution is 2.35. The van der Waals surface area contributed by atoms with E-state index in [4.69, 9.17) is 4.74 Å². The molecule has 7 heteroatoms. The van der Waals surface area contributed by atoms with Gasteiger partial charge in [-0.2, -0.15) is 12.8 Å². The van der Waals surface area contributed by atoms with Crippen molar-refractivity contribution in [3.05, 3.63) is 59.7 Å². The van der Waals surface area contributed by atoms with Gasteiger partial charge in [0.2, 0.25) is 0 Å². The lowest BCUT2D eigenvalue weighted by atomic mass is 9.87. The third kappa shape index (κ3) is 4.68. The van der Waals surface area contributed by atoms with Crippen molar-refractivity contribution in [3.63, 3.8) is 0 Å². The summed E-state index contributed by atoms with van der Waals surface area (Å²) in [4.78, 5) is 2.50. The Balaban J connectivity index is 1.54. The number of ether oxygens (including phenoxy) is 1. The monoisotopic (exact) mass is 441 g/mol. The average molecular weight is 442 g/mol. The van der Waals surface area contributed by atoms with E-state index in [1.807, 2.05) is 38.1 Å². The number of hydrogen-bond donors (Lipinski definition) is 1. The molecule has 6 nitrogen and oxygen atoms in total. The van der Waals surface area contributed by atoms with Crippen LogP contribution in [0, 0.1) is 12.8 Å². The van der Waals surface area contributed by atoms with Gasteiger partial charge in [0.1, 0.15) is 5.54 Å². The van der Waals surface area contributed by atoms with Crippen LogP contribution in [0.25, 0.3) is 0 Å². The van der Waals surface area contributed by atoms with E-state index in [1.54, 1.807) is 12.1 Å². The Morgan fingerprint density at radius 3 is 2.39 bits per heavy atom. The van der Waals surface area contributed by atoms with Gasteiger partial charge in [0, 0.05) is 17.3 Å². The molecule has 2 aromatic rings. The van der Waals surface area contributed by atoms with E-state index in [0.717, 1.165) is 42.7 Å². The number of rotatable bonds is 6.